The summed E-state index contributed by atoms with van der Waals surface area (Å²) < 4.78 is 26.2. The number of aromatic amines is 1. The summed E-state index contributed by atoms with van der Waals surface area (Å²) in [4.78, 5) is 17.1. The molecule has 6 heteroatoms. The molecule has 0 aliphatic carbocycles. The van der Waals surface area contributed by atoms with Crippen LogP contribution in [-0.4, -0.2) is 21.0 Å². The summed E-state index contributed by atoms with van der Waals surface area (Å²) >= 11 is 0. The van der Waals surface area contributed by atoms with E-state index in [2.05, 4.69) is 9.97 Å². The second-order valence-electron chi connectivity index (χ2n) is 3.42. The van der Waals surface area contributed by atoms with Crippen molar-refractivity contribution in [3.8, 4) is 11.3 Å². The normalized spacial score (nSPS) is 10.5. The molecular formula is C11H8F2N2O2. The molecule has 17 heavy (non-hydrogen) atoms. The van der Waals surface area contributed by atoms with Crippen molar-refractivity contribution in [2.45, 2.75) is 6.42 Å². The molecule has 1 heterocycles. The molecule has 2 rings (SSSR count). The largest absolute Gasteiger partial charge is 0.481 e. The monoisotopic (exact) mass is 238 g/mol. The van der Waals surface area contributed by atoms with Crippen LogP contribution < -0.4 is 0 Å². The van der Waals surface area contributed by atoms with Crippen LogP contribution in [0.15, 0.2) is 24.5 Å². The van der Waals surface area contributed by atoms with Crippen molar-refractivity contribution in [3.05, 3.63) is 41.9 Å². The molecule has 88 valence electrons. The van der Waals surface area contributed by atoms with Gasteiger partial charge in [-0.3, -0.25) is 4.79 Å². The highest BCUT2D eigenvalue weighted by atomic mass is 19.1. The molecule has 1 aromatic heterocycles. The van der Waals surface area contributed by atoms with Gasteiger partial charge in [-0.25, -0.2) is 13.8 Å². The Hall–Kier alpha value is -2.24. The van der Waals surface area contributed by atoms with Crippen LogP contribution in [0.3, 0.4) is 0 Å². The van der Waals surface area contributed by atoms with Gasteiger partial charge in [-0.05, 0) is 12.1 Å². The summed E-state index contributed by atoms with van der Waals surface area (Å²) in [5, 5.41) is 8.67. The highest BCUT2D eigenvalue weighted by molar-refractivity contribution is 5.74. The number of hydrogen-bond acceptors (Lipinski definition) is 2. The number of imidazole rings is 1. The number of aliphatic carboxylic acids is 1. The topological polar surface area (TPSA) is 66.0 Å². The molecule has 0 aliphatic rings. The number of aromatic nitrogens is 2. The van der Waals surface area contributed by atoms with Crippen LogP contribution in [0.1, 0.15) is 5.69 Å². The molecule has 0 saturated heterocycles. The Morgan fingerprint density at radius 1 is 1.41 bits per heavy atom. The van der Waals surface area contributed by atoms with Crippen molar-refractivity contribution in [1.29, 1.82) is 0 Å². The molecule has 0 fully saturated rings. The highest BCUT2D eigenvalue weighted by Crippen LogP contribution is 2.24. The molecule has 2 aromatic rings. The fourth-order valence-electron chi connectivity index (χ4n) is 1.52. The third-order valence-corrected chi connectivity index (χ3v) is 2.23. The minimum absolute atomic E-state index is 0.0731. The Morgan fingerprint density at radius 3 is 2.82 bits per heavy atom. The molecule has 0 amide bonds. The van der Waals surface area contributed by atoms with E-state index in [1.54, 1.807) is 0 Å². The maximum absolute atomic E-state index is 13.5. The van der Waals surface area contributed by atoms with Crippen LogP contribution in [0.25, 0.3) is 11.3 Å². The van der Waals surface area contributed by atoms with Gasteiger partial charge in [-0.1, -0.05) is 0 Å². The van der Waals surface area contributed by atoms with E-state index in [0.29, 0.717) is 0 Å². The van der Waals surface area contributed by atoms with Gasteiger partial charge >= 0.3 is 5.97 Å². The number of halogens is 2. The highest BCUT2D eigenvalue weighted by Gasteiger charge is 2.15. The predicted octanol–water partition coefficient (Wildman–Crippen LogP) is 1.98. The number of carbonyl (C=O) groups is 1. The zero-order valence-electron chi connectivity index (χ0n) is 8.58. The maximum Gasteiger partial charge on any atom is 0.309 e. The summed E-state index contributed by atoms with van der Waals surface area (Å²) in [6.45, 7) is 0. The molecule has 0 bridgehead atoms. The first kappa shape index (κ1) is 11.3. The fourth-order valence-corrected chi connectivity index (χ4v) is 1.52. The van der Waals surface area contributed by atoms with E-state index in [9.17, 15) is 13.6 Å². The number of rotatable bonds is 3. The smallest absolute Gasteiger partial charge is 0.309 e. The number of carboxylic acid groups (broad SMARTS) is 1. The number of hydrogen-bond donors (Lipinski definition) is 2. The Balaban J connectivity index is 2.46. The first-order valence-electron chi connectivity index (χ1n) is 4.77. The van der Waals surface area contributed by atoms with Crippen LogP contribution >= 0.6 is 0 Å². The lowest BCUT2D eigenvalue weighted by Crippen LogP contribution is -2.02. The fraction of sp³-hybridized carbons (Fsp3) is 0.0909. The average Bonchev–Trinajstić information content (AvgIpc) is 2.65. The number of nitrogens with zero attached hydrogens (tertiary/aromatic N) is 1. The molecule has 4 nitrogen and oxygen atoms in total. The van der Waals surface area contributed by atoms with Crippen molar-refractivity contribution in [1.82, 2.24) is 9.97 Å². The first-order chi connectivity index (χ1) is 8.08. The Labute approximate surface area is 94.9 Å². The minimum Gasteiger partial charge on any atom is -0.481 e. The Morgan fingerprint density at radius 2 is 2.18 bits per heavy atom. The van der Waals surface area contributed by atoms with E-state index >= 15 is 0 Å². The number of H-pyrrole nitrogens is 1. The average molecular weight is 238 g/mol. The van der Waals surface area contributed by atoms with Crippen LogP contribution in [0.4, 0.5) is 8.78 Å². The Bertz CT molecular complexity index is 566. The number of benzene rings is 1. The van der Waals surface area contributed by atoms with E-state index in [1.807, 2.05) is 0 Å². The van der Waals surface area contributed by atoms with Crippen molar-refractivity contribution in [2.75, 3.05) is 0 Å². The van der Waals surface area contributed by atoms with Gasteiger partial charge in [-0.2, -0.15) is 0 Å². The summed E-state index contributed by atoms with van der Waals surface area (Å²) in [5.74, 6) is -2.52. The molecule has 0 unspecified atom stereocenters. The van der Waals surface area contributed by atoms with Crippen molar-refractivity contribution >= 4 is 5.97 Å². The van der Waals surface area contributed by atoms with Gasteiger partial charge in [0.2, 0.25) is 0 Å². The van der Waals surface area contributed by atoms with Crippen LogP contribution in [0, 0.1) is 11.6 Å². The van der Waals surface area contributed by atoms with Crippen LogP contribution in [0.5, 0.6) is 0 Å². The van der Waals surface area contributed by atoms with Crippen molar-refractivity contribution < 1.29 is 18.7 Å². The lowest BCUT2D eigenvalue weighted by Gasteiger charge is -2.02. The maximum atomic E-state index is 13.5. The van der Waals surface area contributed by atoms with Gasteiger partial charge in [0, 0.05) is 11.6 Å². The number of nitrogens with one attached hydrogen (secondary N) is 1. The summed E-state index contributed by atoms with van der Waals surface area (Å²) in [7, 11) is 0. The predicted molar refractivity (Wildman–Crippen MR) is 55.3 cm³/mol. The summed E-state index contributed by atoms with van der Waals surface area (Å²) in [5.41, 5.74) is 0.539. The zero-order valence-corrected chi connectivity index (χ0v) is 8.58. The van der Waals surface area contributed by atoms with Crippen molar-refractivity contribution in [2.24, 2.45) is 0 Å². The van der Waals surface area contributed by atoms with Gasteiger partial charge in [0.25, 0.3) is 0 Å². The lowest BCUT2D eigenvalue weighted by molar-refractivity contribution is -0.136. The summed E-state index contributed by atoms with van der Waals surface area (Å²) in [6, 6.07) is 3.05. The quantitative estimate of drug-likeness (QED) is 0.859. The standard InChI is InChI=1S/C11H8F2N2O2/c12-6-1-2-7(8(13)3-6)11-9(4-10(16)17)14-5-15-11/h1-3,5H,4H2,(H,14,15)(H,16,17). The van der Waals surface area contributed by atoms with Gasteiger partial charge in [0.15, 0.2) is 0 Å². The molecule has 0 saturated carbocycles. The third kappa shape index (κ3) is 2.30. The molecular weight excluding hydrogens is 230 g/mol. The molecule has 0 radical (unpaired) electrons. The minimum atomic E-state index is -1.06. The van der Waals surface area contributed by atoms with Gasteiger partial charge < -0.3 is 10.1 Å². The van der Waals surface area contributed by atoms with Crippen molar-refractivity contribution in [3.63, 3.8) is 0 Å². The number of carboxylic acids is 1. The van der Waals surface area contributed by atoms with Gasteiger partial charge in [0.05, 0.1) is 24.1 Å². The SMILES string of the molecule is O=C(O)Cc1[nH]cnc1-c1ccc(F)cc1F. The molecule has 0 spiro atoms. The molecule has 0 aliphatic heterocycles. The second kappa shape index (κ2) is 4.32. The molecule has 0 atom stereocenters. The second-order valence-corrected chi connectivity index (χ2v) is 3.42. The summed E-state index contributed by atoms with van der Waals surface area (Å²) in [6.07, 6.45) is 0.975. The molecule has 1 aromatic carbocycles. The lowest BCUT2D eigenvalue weighted by atomic mass is 10.1. The van der Waals surface area contributed by atoms with E-state index in [-0.39, 0.29) is 23.4 Å². The van der Waals surface area contributed by atoms with Gasteiger partial charge in [-0.15, -0.1) is 0 Å². The Kier molecular flexibility index (Phi) is 2.86. The van der Waals surface area contributed by atoms with Crippen LogP contribution in [0.2, 0.25) is 0 Å². The third-order valence-electron chi connectivity index (χ3n) is 2.23. The van der Waals surface area contributed by atoms with E-state index < -0.39 is 17.6 Å². The van der Waals surface area contributed by atoms with Crippen LogP contribution in [-0.2, 0) is 11.2 Å². The first-order valence-corrected chi connectivity index (χ1v) is 4.77. The van der Waals surface area contributed by atoms with E-state index in [1.165, 1.54) is 12.4 Å². The van der Waals surface area contributed by atoms with E-state index in [4.69, 9.17) is 5.11 Å². The van der Waals surface area contributed by atoms with E-state index in [0.717, 1.165) is 12.1 Å². The van der Waals surface area contributed by atoms with Gasteiger partial charge in [0.1, 0.15) is 11.6 Å². The molecule has 2 N–H and O–H groups in total. The zero-order chi connectivity index (χ0) is 12.4.